The summed E-state index contributed by atoms with van der Waals surface area (Å²) in [6, 6.07) is 8.64. The lowest BCUT2D eigenvalue weighted by Gasteiger charge is -2.09. The summed E-state index contributed by atoms with van der Waals surface area (Å²) >= 11 is 0. The van der Waals surface area contributed by atoms with Crippen LogP contribution in [0.3, 0.4) is 0 Å². The fourth-order valence-corrected chi connectivity index (χ4v) is 1.80. The third-order valence-corrected chi connectivity index (χ3v) is 2.89. The van der Waals surface area contributed by atoms with Crippen molar-refractivity contribution in [2.75, 3.05) is 11.9 Å². The number of phenolic OH excluding ortho intramolecular Hbond substituents is 1. The van der Waals surface area contributed by atoms with Crippen LogP contribution in [0.2, 0.25) is 0 Å². The van der Waals surface area contributed by atoms with E-state index in [0.29, 0.717) is 0 Å². The van der Waals surface area contributed by atoms with Gasteiger partial charge in [-0.2, -0.15) is 0 Å². The number of nitro groups is 2. The lowest BCUT2D eigenvalue weighted by atomic mass is 10.2. The summed E-state index contributed by atoms with van der Waals surface area (Å²) in [5.41, 5.74) is -0.786. The number of nitrogens with zero attached hydrogens (tertiary/aromatic N) is 2. The average molecular weight is 333 g/mol. The van der Waals surface area contributed by atoms with E-state index in [9.17, 15) is 30.1 Å². The van der Waals surface area contributed by atoms with Crippen LogP contribution in [0.4, 0.5) is 17.1 Å². The zero-order chi connectivity index (χ0) is 17.7. The molecular formula is C14H11N3O7. The van der Waals surface area contributed by atoms with Crippen molar-refractivity contribution in [1.29, 1.82) is 0 Å². The molecule has 0 atom stereocenters. The molecule has 10 heteroatoms. The Labute approximate surface area is 134 Å². The second kappa shape index (κ2) is 7.05. The topological polar surface area (TPSA) is 145 Å². The van der Waals surface area contributed by atoms with Crippen molar-refractivity contribution < 1.29 is 24.5 Å². The van der Waals surface area contributed by atoms with E-state index in [1.54, 1.807) is 0 Å². The quantitative estimate of drug-likeness (QED) is 0.468. The third-order valence-electron chi connectivity index (χ3n) is 2.89. The highest BCUT2D eigenvalue weighted by molar-refractivity contribution is 5.93. The molecule has 2 rings (SSSR count). The summed E-state index contributed by atoms with van der Waals surface area (Å²) < 4.78 is 5.08. The first kappa shape index (κ1) is 16.7. The first-order chi connectivity index (χ1) is 11.4. The maximum Gasteiger partial charge on any atom is 0.310 e. The summed E-state index contributed by atoms with van der Waals surface area (Å²) in [7, 11) is 0. The van der Waals surface area contributed by atoms with Gasteiger partial charge < -0.3 is 15.2 Å². The highest BCUT2D eigenvalue weighted by atomic mass is 16.6. The number of benzene rings is 2. The fourth-order valence-electron chi connectivity index (χ4n) is 1.80. The Balaban J connectivity index is 2.06. The van der Waals surface area contributed by atoms with Crippen molar-refractivity contribution in [3.63, 3.8) is 0 Å². The second-order valence-electron chi connectivity index (χ2n) is 4.52. The monoisotopic (exact) mass is 333 g/mol. The number of hydrogen-bond donors (Lipinski definition) is 2. The minimum Gasteiger partial charge on any atom is -0.506 e. The largest absolute Gasteiger partial charge is 0.506 e. The van der Waals surface area contributed by atoms with E-state index in [2.05, 4.69) is 5.32 Å². The smallest absolute Gasteiger partial charge is 0.310 e. The van der Waals surface area contributed by atoms with E-state index in [4.69, 9.17) is 4.74 Å². The number of aromatic hydroxyl groups is 1. The van der Waals surface area contributed by atoms with Gasteiger partial charge in [0.25, 0.3) is 11.6 Å². The lowest BCUT2D eigenvalue weighted by molar-refractivity contribution is -0.385. The van der Waals surface area contributed by atoms with E-state index in [1.165, 1.54) is 24.3 Å². The van der Waals surface area contributed by atoms with Crippen LogP contribution in [0.25, 0.3) is 0 Å². The highest BCUT2D eigenvalue weighted by Gasteiger charge is 2.16. The predicted octanol–water partition coefficient (Wildman–Crippen LogP) is 2.23. The summed E-state index contributed by atoms with van der Waals surface area (Å²) in [5.74, 6) is -1.20. The minimum absolute atomic E-state index is 0.0964. The number of nitro benzene ring substituents is 2. The van der Waals surface area contributed by atoms with Gasteiger partial charge >= 0.3 is 5.69 Å². The highest BCUT2D eigenvalue weighted by Crippen LogP contribution is 2.28. The van der Waals surface area contributed by atoms with Gasteiger partial charge in [-0.05, 0) is 12.1 Å². The standard InChI is InChI=1S/C14H11N3O7/c18-12-6-5-9(16(20)21)7-10(12)15-14(19)8-24-13-4-2-1-3-11(13)17(22)23/h1-7,18H,8H2,(H,15,19). The zero-order valence-corrected chi connectivity index (χ0v) is 12.0. The Morgan fingerprint density at radius 2 is 1.83 bits per heavy atom. The number of non-ortho nitro benzene ring substituents is 1. The van der Waals surface area contributed by atoms with E-state index in [-0.39, 0.29) is 28.6 Å². The molecule has 0 fully saturated rings. The molecule has 124 valence electrons. The lowest BCUT2D eigenvalue weighted by Crippen LogP contribution is -2.20. The Bertz CT molecular complexity index is 807. The van der Waals surface area contributed by atoms with Gasteiger partial charge in [0.15, 0.2) is 12.4 Å². The molecule has 2 aromatic carbocycles. The Kier molecular flexibility index (Phi) is 4.90. The molecule has 0 unspecified atom stereocenters. The normalized spacial score (nSPS) is 10.0. The number of rotatable bonds is 6. The molecule has 24 heavy (non-hydrogen) atoms. The van der Waals surface area contributed by atoms with Gasteiger partial charge in [-0.3, -0.25) is 25.0 Å². The minimum atomic E-state index is -0.746. The van der Waals surface area contributed by atoms with Crippen LogP contribution in [0, 0.1) is 20.2 Å². The number of carbonyl (C=O) groups excluding carboxylic acids is 1. The van der Waals surface area contributed by atoms with Crippen molar-refractivity contribution in [3.05, 3.63) is 62.7 Å². The van der Waals surface area contributed by atoms with Crippen molar-refractivity contribution in [2.45, 2.75) is 0 Å². The maximum absolute atomic E-state index is 11.8. The van der Waals surface area contributed by atoms with E-state index in [1.807, 2.05) is 0 Å². The number of ether oxygens (including phenoxy) is 1. The number of amides is 1. The van der Waals surface area contributed by atoms with E-state index < -0.39 is 22.4 Å². The summed E-state index contributed by atoms with van der Waals surface area (Å²) in [6.07, 6.45) is 0. The SMILES string of the molecule is O=C(COc1ccccc1[N+](=O)[O-])Nc1cc([N+](=O)[O-])ccc1O. The molecule has 0 aliphatic heterocycles. The van der Waals surface area contributed by atoms with Crippen LogP contribution in [0.1, 0.15) is 0 Å². The third kappa shape index (κ3) is 3.94. The van der Waals surface area contributed by atoms with Crippen LogP contribution in [-0.4, -0.2) is 27.5 Å². The summed E-state index contributed by atoms with van der Waals surface area (Å²) in [5, 5.41) is 33.4. The molecule has 10 nitrogen and oxygen atoms in total. The summed E-state index contributed by atoms with van der Waals surface area (Å²) in [4.78, 5) is 32.0. The molecule has 2 aromatic rings. The van der Waals surface area contributed by atoms with Crippen LogP contribution < -0.4 is 10.1 Å². The maximum atomic E-state index is 11.8. The van der Waals surface area contributed by atoms with Gasteiger partial charge in [-0.1, -0.05) is 12.1 Å². The number of nitrogens with one attached hydrogen (secondary N) is 1. The van der Waals surface area contributed by atoms with Gasteiger partial charge in [-0.25, -0.2) is 0 Å². The van der Waals surface area contributed by atoms with Crippen LogP contribution in [-0.2, 0) is 4.79 Å². The van der Waals surface area contributed by atoms with Crippen molar-refractivity contribution in [3.8, 4) is 11.5 Å². The van der Waals surface area contributed by atoms with Crippen molar-refractivity contribution in [2.24, 2.45) is 0 Å². The van der Waals surface area contributed by atoms with Gasteiger partial charge in [0.2, 0.25) is 0 Å². The molecular weight excluding hydrogens is 322 g/mol. The Hall–Kier alpha value is -3.69. The molecule has 0 saturated carbocycles. The molecule has 0 aromatic heterocycles. The van der Waals surface area contributed by atoms with Crippen LogP contribution in [0.5, 0.6) is 11.5 Å². The molecule has 0 saturated heterocycles. The van der Waals surface area contributed by atoms with Gasteiger partial charge in [0.1, 0.15) is 5.75 Å². The number of hydrogen-bond acceptors (Lipinski definition) is 7. The number of para-hydroxylation sites is 2. The number of carbonyl (C=O) groups is 1. The molecule has 0 radical (unpaired) electrons. The van der Waals surface area contributed by atoms with Crippen LogP contribution >= 0.6 is 0 Å². The molecule has 1 amide bonds. The Morgan fingerprint density at radius 3 is 2.50 bits per heavy atom. The molecule has 0 spiro atoms. The van der Waals surface area contributed by atoms with E-state index >= 15 is 0 Å². The molecule has 2 N–H and O–H groups in total. The van der Waals surface area contributed by atoms with Crippen LogP contribution in [0.15, 0.2) is 42.5 Å². The molecule has 0 aliphatic carbocycles. The van der Waals surface area contributed by atoms with E-state index in [0.717, 1.165) is 18.2 Å². The predicted molar refractivity (Wildman–Crippen MR) is 82.0 cm³/mol. The Morgan fingerprint density at radius 1 is 1.12 bits per heavy atom. The first-order valence-electron chi connectivity index (χ1n) is 6.52. The first-order valence-corrected chi connectivity index (χ1v) is 6.52. The molecule has 0 bridgehead atoms. The zero-order valence-electron chi connectivity index (χ0n) is 12.0. The fraction of sp³-hybridized carbons (Fsp3) is 0.0714. The van der Waals surface area contributed by atoms with Gasteiger partial charge in [-0.15, -0.1) is 0 Å². The summed E-state index contributed by atoms with van der Waals surface area (Å²) in [6.45, 7) is -0.576. The number of phenols is 1. The van der Waals surface area contributed by atoms with Gasteiger partial charge in [0, 0.05) is 18.2 Å². The van der Waals surface area contributed by atoms with Gasteiger partial charge in [0.05, 0.1) is 15.5 Å². The molecule has 0 aliphatic rings. The second-order valence-corrected chi connectivity index (χ2v) is 4.52. The average Bonchev–Trinajstić information content (AvgIpc) is 2.55. The number of anilines is 1. The van der Waals surface area contributed by atoms with Crippen molar-refractivity contribution >= 4 is 23.0 Å². The van der Waals surface area contributed by atoms with Crippen molar-refractivity contribution in [1.82, 2.24) is 0 Å². The molecule has 0 heterocycles.